The molecule has 2 N–H and O–H groups in total. The van der Waals surface area contributed by atoms with Gasteiger partial charge in [0.05, 0.1) is 0 Å². The molecule has 1 aromatic heterocycles. The van der Waals surface area contributed by atoms with Crippen molar-refractivity contribution in [1.82, 2.24) is 4.98 Å². The molecule has 0 saturated carbocycles. The second-order valence-corrected chi connectivity index (χ2v) is 3.55. The molecular weight excluding hydrogens is 178 g/mol. The number of carbonyl (C=O) groups is 1. The quantitative estimate of drug-likeness (QED) is 0.447. The van der Waals surface area contributed by atoms with Crippen LogP contribution in [-0.2, 0) is 4.79 Å². The smallest absolute Gasteiger partial charge is 0.242 e. The first-order valence-electron chi connectivity index (χ1n) is 4.60. The lowest BCUT2D eigenvalue weighted by molar-refractivity contribution is -0.119. The highest BCUT2D eigenvalue weighted by Crippen LogP contribution is 2.09. The lowest BCUT2D eigenvalue weighted by Crippen LogP contribution is -2.38. The Morgan fingerprint density at radius 3 is 2.79 bits per heavy atom. The third-order valence-electron chi connectivity index (χ3n) is 1.75. The molecule has 1 rings (SSSR count). The molecule has 76 valence electrons. The van der Waals surface area contributed by atoms with E-state index in [0.717, 1.165) is 5.01 Å². The largest absolute Gasteiger partial charge is 0.273 e. The first kappa shape index (κ1) is 10.7. The van der Waals surface area contributed by atoms with Gasteiger partial charge in [0.15, 0.2) is 0 Å². The number of nitrogens with zero attached hydrogens (tertiary/aromatic N) is 2. The number of hydrogen-bond donors (Lipinski definition) is 1. The number of anilines is 1. The van der Waals surface area contributed by atoms with Gasteiger partial charge in [0.2, 0.25) is 5.91 Å². The van der Waals surface area contributed by atoms with E-state index in [1.165, 1.54) is 0 Å². The molecule has 0 aromatic carbocycles. The lowest BCUT2D eigenvalue weighted by Gasteiger charge is -2.16. The van der Waals surface area contributed by atoms with E-state index in [-0.39, 0.29) is 5.91 Å². The summed E-state index contributed by atoms with van der Waals surface area (Å²) in [7, 11) is 0. The number of hydrogen-bond acceptors (Lipinski definition) is 3. The first-order valence-corrected chi connectivity index (χ1v) is 4.60. The van der Waals surface area contributed by atoms with E-state index >= 15 is 0 Å². The normalized spacial score (nSPS) is 10.3. The highest BCUT2D eigenvalue weighted by molar-refractivity contribution is 5.91. The lowest BCUT2D eigenvalue weighted by atomic mass is 10.1. The summed E-state index contributed by atoms with van der Waals surface area (Å²) in [5.41, 5.74) is 0. The van der Waals surface area contributed by atoms with Gasteiger partial charge in [-0.15, -0.1) is 0 Å². The molecule has 0 saturated heterocycles. The third kappa shape index (κ3) is 2.81. The van der Waals surface area contributed by atoms with Crippen LogP contribution in [0.1, 0.15) is 20.3 Å². The van der Waals surface area contributed by atoms with Gasteiger partial charge < -0.3 is 0 Å². The fraction of sp³-hybridized carbons (Fsp3) is 0.400. The summed E-state index contributed by atoms with van der Waals surface area (Å²) in [6.45, 7) is 3.95. The van der Waals surface area contributed by atoms with Crippen LogP contribution < -0.4 is 10.9 Å². The van der Waals surface area contributed by atoms with Gasteiger partial charge in [0, 0.05) is 12.6 Å². The average Bonchev–Trinajstić information content (AvgIpc) is 2.17. The Hall–Kier alpha value is -1.42. The maximum absolute atomic E-state index is 11.5. The van der Waals surface area contributed by atoms with E-state index in [9.17, 15) is 4.79 Å². The standard InChI is InChI=1S/C10H15N3O/c1-8(2)7-10(14)13(11)9-5-3-4-6-12-9/h3-6,8H,7,11H2,1-2H3. The summed E-state index contributed by atoms with van der Waals surface area (Å²) in [6, 6.07) is 5.29. The zero-order chi connectivity index (χ0) is 10.6. The number of rotatable bonds is 3. The molecule has 1 amide bonds. The van der Waals surface area contributed by atoms with Crippen LogP contribution in [0.25, 0.3) is 0 Å². The minimum absolute atomic E-state index is 0.112. The van der Waals surface area contributed by atoms with E-state index in [0.29, 0.717) is 18.2 Å². The molecule has 4 heteroatoms. The van der Waals surface area contributed by atoms with Crippen LogP contribution in [0.15, 0.2) is 24.4 Å². The van der Waals surface area contributed by atoms with Gasteiger partial charge in [0.25, 0.3) is 0 Å². The number of nitrogens with two attached hydrogens (primary N) is 1. The topological polar surface area (TPSA) is 59.2 Å². The van der Waals surface area contributed by atoms with Crippen molar-refractivity contribution in [3.63, 3.8) is 0 Å². The molecule has 4 nitrogen and oxygen atoms in total. The predicted molar refractivity (Wildman–Crippen MR) is 55.4 cm³/mol. The van der Waals surface area contributed by atoms with Crippen molar-refractivity contribution >= 4 is 11.7 Å². The summed E-state index contributed by atoms with van der Waals surface area (Å²) >= 11 is 0. The fourth-order valence-corrected chi connectivity index (χ4v) is 1.07. The van der Waals surface area contributed by atoms with Crippen LogP contribution in [0.5, 0.6) is 0 Å². The van der Waals surface area contributed by atoms with Gasteiger partial charge in [-0.1, -0.05) is 19.9 Å². The van der Waals surface area contributed by atoms with Crippen LogP contribution in [0, 0.1) is 5.92 Å². The average molecular weight is 193 g/mol. The van der Waals surface area contributed by atoms with Crippen LogP contribution in [-0.4, -0.2) is 10.9 Å². The number of amides is 1. The molecule has 0 spiro atoms. The van der Waals surface area contributed by atoms with Gasteiger partial charge >= 0.3 is 0 Å². The summed E-state index contributed by atoms with van der Waals surface area (Å²) in [5.74, 6) is 6.28. The maximum atomic E-state index is 11.5. The number of carbonyl (C=O) groups excluding carboxylic acids is 1. The third-order valence-corrected chi connectivity index (χ3v) is 1.75. The molecule has 0 radical (unpaired) electrons. The van der Waals surface area contributed by atoms with Gasteiger partial charge in [-0.05, 0) is 18.1 Å². The number of pyridine rings is 1. The van der Waals surface area contributed by atoms with E-state index in [2.05, 4.69) is 4.98 Å². The van der Waals surface area contributed by atoms with Crippen molar-refractivity contribution in [3.05, 3.63) is 24.4 Å². The van der Waals surface area contributed by atoms with Crippen molar-refractivity contribution in [2.24, 2.45) is 11.8 Å². The predicted octanol–water partition coefficient (Wildman–Crippen LogP) is 1.33. The SMILES string of the molecule is CC(C)CC(=O)N(N)c1ccccn1. The molecule has 14 heavy (non-hydrogen) atoms. The maximum Gasteiger partial charge on any atom is 0.242 e. The molecule has 0 atom stereocenters. The number of aromatic nitrogens is 1. The molecule has 0 fully saturated rings. The van der Waals surface area contributed by atoms with E-state index in [1.54, 1.807) is 24.4 Å². The van der Waals surface area contributed by atoms with Crippen molar-refractivity contribution < 1.29 is 4.79 Å². The monoisotopic (exact) mass is 193 g/mol. The Bertz CT molecular complexity index is 297. The van der Waals surface area contributed by atoms with Crippen molar-refractivity contribution in [2.75, 3.05) is 5.01 Å². The van der Waals surface area contributed by atoms with Crippen molar-refractivity contribution in [1.29, 1.82) is 0 Å². The summed E-state index contributed by atoms with van der Waals surface area (Å²) in [6.07, 6.45) is 2.05. The van der Waals surface area contributed by atoms with Gasteiger partial charge in [-0.3, -0.25) is 4.79 Å². The van der Waals surface area contributed by atoms with Gasteiger partial charge in [-0.25, -0.2) is 15.8 Å². The fourth-order valence-electron chi connectivity index (χ4n) is 1.07. The second kappa shape index (κ2) is 4.72. The minimum Gasteiger partial charge on any atom is -0.273 e. The van der Waals surface area contributed by atoms with Crippen molar-refractivity contribution in [3.8, 4) is 0 Å². The molecule has 0 aliphatic carbocycles. The minimum atomic E-state index is -0.112. The summed E-state index contributed by atoms with van der Waals surface area (Å²) in [5, 5.41) is 1.10. The molecule has 0 unspecified atom stereocenters. The zero-order valence-corrected chi connectivity index (χ0v) is 8.47. The second-order valence-electron chi connectivity index (χ2n) is 3.55. The Kier molecular flexibility index (Phi) is 3.59. The highest BCUT2D eigenvalue weighted by atomic mass is 16.2. The van der Waals surface area contributed by atoms with Crippen LogP contribution >= 0.6 is 0 Å². The van der Waals surface area contributed by atoms with E-state index in [1.807, 2.05) is 13.8 Å². The van der Waals surface area contributed by atoms with Gasteiger partial charge in [0.1, 0.15) is 5.82 Å². The van der Waals surface area contributed by atoms with Crippen LogP contribution in [0.2, 0.25) is 0 Å². The molecular formula is C10H15N3O. The summed E-state index contributed by atoms with van der Waals surface area (Å²) in [4.78, 5) is 15.5. The Morgan fingerprint density at radius 2 is 2.29 bits per heavy atom. The van der Waals surface area contributed by atoms with Crippen LogP contribution in [0.4, 0.5) is 5.82 Å². The zero-order valence-electron chi connectivity index (χ0n) is 8.47. The Balaban J connectivity index is 2.66. The van der Waals surface area contributed by atoms with E-state index in [4.69, 9.17) is 5.84 Å². The first-order chi connectivity index (χ1) is 6.61. The van der Waals surface area contributed by atoms with Gasteiger partial charge in [-0.2, -0.15) is 0 Å². The summed E-state index contributed by atoms with van der Waals surface area (Å²) < 4.78 is 0. The Morgan fingerprint density at radius 1 is 1.57 bits per heavy atom. The Labute approximate surface area is 83.7 Å². The molecule has 1 heterocycles. The van der Waals surface area contributed by atoms with Crippen LogP contribution in [0.3, 0.4) is 0 Å². The molecule has 0 aliphatic heterocycles. The number of hydrazine groups is 1. The molecule has 0 bridgehead atoms. The molecule has 0 aliphatic rings. The van der Waals surface area contributed by atoms with E-state index < -0.39 is 0 Å². The molecule has 1 aromatic rings. The highest BCUT2D eigenvalue weighted by Gasteiger charge is 2.13. The van der Waals surface area contributed by atoms with Crippen molar-refractivity contribution in [2.45, 2.75) is 20.3 Å².